The number of sulfonamides is 1. The number of anilines is 1. The largest absolute Gasteiger partial charge is 0.372 e. The molecule has 0 radical (unpaired) electrons. The van der Waals surface area contributed by atoms with Crippen LogP contribution in [0.1, 0.15) is 44.0 Å². The summed E-state index contributed by atoms with van der Waals surface area (Å²) in [5.41, 5.74) is 1.22. The number of benzene rings is 1. The third-order valence-corrected chi connectivity index (χ3v) is 5.77. The van der Waals surface area contributed by atoms with Crippen molar-refractivity contribution in [2.24, 2.45) is 0 Å². The lowest BCUT2D eigenvalue weighted by Gasteiger charge is -2.30. The van der Waals surface area contributed by atoms with Crippen LogP contribution >= 0.6 is 0 Å². The molecule has 2 N–H and O–H groups in total. The first-order valence-electron chi connectivity index (χ1n) is 8.68. The molecule has 1 aliphatic rings. The summed E-state index contributed by atoms with van der Waals surface area (Å²) in [5.74, 6) is -0.791. The Bertz CT molecular complexity index is 1000. The molecule has 6 nitrogen and oxygen atoms in total. The van der Waals surface area contributed by atoms with Crippen LogP contribution in [0, 0.1) is 17.1 Å². The summed E-state index contributed by atoms with van der Waals surface area (Å²) in [6.07, 6.45) is 3.35. The lowest BCUT2D eigenvalue weighted by Crippen LogP contribution is -2.32. The van der Waals surface area contributed by atoms with Crippen molar-refractivity contribution in [2.45, 2.75) is 56.6 Å². The van der Waals surface area contributed by atoms with Crippen molar-refractivity contribution in [1.82, 2.24) is 4.98 Å². The van der Waals surface area contributed by atoms with Crippen LogP contribution in [0.4, 0.5) is 10.1 Å². The van der Waals surface area contributed by atoms with E-state index in [-0.39, 0.29) is 27.9 Å². The minimum absolute atomic E-state index is 0.0237. The molecule has 1 aromatic heterocycles. The third-order valence-electron chi connectivity index (χ3n) is 4.34. The van der Waals surface area contributed by atoms with E-state index in [1.807, 2.05) is 26.8 Å². The first-order chi connectivity index (χ1) is 12.6. The monoisotopic (exact) mass is 391 g/mol. The molecule has 8 heteroatoms. The number of H-pyrrole nitrogens is 1. The predicted molar refractivity (Wildman–Crippen MR) is 99.4 cm³/mol. The Balaban J connectivity index is 1.83. The molecule has 0 amide bonds. The Labute approximate surface area is 158 Å². The maximum absolute atomic E-state index is 14.1. The summed E-state index contributed by atoms with van der Waals surface area (Å²) in [6.45, 7) is 5.97. The highest BCUT2D eigenvalue weighted by atomic mass is 32.2. The van der Waals surface area contributed by atoms with Gasteiger partial charge in [-0.3, -0.25) is 4.72 Å². The smallest absolute Gasteiger partial charge is 0.263 e. The molecule has 1 aromatic carbocycles. The van der Waals surface area contributed by atoms with Gasteiger partial charge >= 0.3 is 0 Å². The van der Waals surface area contributed by atoms with Gasteiger partial charge in [0.05, 0.1) is 29.0 Å². The molecule has 0 spiro atoms. The molecule has 0 saturated heterocycles. The fraction of sp³-hybridized carbons (Fsp3) is 0.421. The molecular formula is C19H22FN3O3S. The third kappa shape index (κ3) is 4.31. The normalized spacial score (nSPS) is 17.2. The molecule has 3 rings (SSSR count). The van der Waals surface area contributed by atoms with Crippen molar-refractivity contribution in [3.05, 3.63) is 47.0 Å². The van der Waals surface area contributed by atoms with Crippen LogP contribution in [0.2, 0.25) is 0 Å². The van der Waals surface area contributed by atoms with Gasteiger partial charge in [-0.1, -0.05) is 0 Å². The second kappa shape index (κ2) is 6.98. The highest BCUT2D eigenvalue weighted by Crippen LogP contribution is 2.31. The molecule has 1 unspecified atom stereocenters. The molecule has 0 aliphatic heterocycles. The molecule has 0 saturated carbocycles. The Hall–Kier alpha value is -2.37. The summed E-state index contributed by atoms with van der Waals surface area (Å²) in [7, 11) is -3.95. The van der Waals surface area contributed by atoms with Gasteiger partial charge in [0.25, 0.3) is 10.0 Å². The van der Waals surface area contributed by atoms with Gasteiger partial charge in [-0.15, -0.1) is 0 Å². The number of rotatable bonds is 4. The lowest BCUT2D eigenvalue weighted by molar-refractivity contribution is -0.0647. The second-order valence-electron chi connectivity index (χ2n) is 7.62. The van der Waals surface area contributed by atoms with Gasteiger partial charge in [0.2, 0.25) is 0 Å². The number of fused-ring (bicyclic) bond motifs is 1. The highest BCUT2D eigenvalue weighted by molar-refractivity contribution is 7.92. The van der Waals surface area contributed by atoms with Crippen molar-refractivity contribution >= 4 is 15.7 Å². The quantitative estimate of drug-likeness (QED) is 0.834. The standard InChI is InChI=1S/C19H22FN3O3S/c1-19(2,3)26-13-5-6-14-17(9-13)22-11-18(14)27(24,25)23-16-7-4-12(10-21)8-15(16)20/h4,7-8,11,13,22-23H,5-6,9H2,1-3H3. The van der Waals surface area contributed by atoms with E-state index in [0.29, 0.717) is 18.4 Å². The summed E-state index contributed by atoms with van der Waals surface area (Å²) in [6, 6.07) is 5.42. The minimum atomic E-state index is -3.95. The zero-order valence-corrected chi connectivity index (χ0v) is 16.3. The Kier molecular flexibility index (Phi) is 5.02. The zero-order chi connectivity index (χ0) is 19.8. The van der Waals surface area contributed by atoms with E-state index in [9.17, 15) is 12.8 Å². The summed E-state index contributed by atoms with van der Waals surface area (Å²) < 4.78 is 47.8. The first-order valence-corrected chi connectivity index (χ1v) is 10.2. The number of hydrogen-bond acceptors (Lipinski definition) is 4. The number of nitrogens with zero attached hydrogens (tertiary/aromatic N) is 1. The molecule has 0 bridgehead atoms. The molecule has 1 atom stereocenters. The fourth-order valence-corrected chi connectivity index (χ4v) is 4.60. The van der Waals surface area contributed by atoms with Crippen molar-refractivity contribution in [2.75, 3.05) is 4.72 Å². The van der Waals surface area contributed by atoms with Crippen LogP contribution in [0.15, 0.2) is 29.3 Å². The van der Waals surface area contributed by atoms with Crippen molar-refractivity contribution < 1.29 is 17.5 Å². The van der Waals surface area contributed by atoms with Gasteiger partial charge in [-0.25, -0.2) is 12.8 Å². The number of aromatic nitrogens is 1. The van der Waals surface area contributed by atoms with Crippen LogP contribution in [0.3, 0.4) is 0 Å². The van der Waals surface area contributed by atoms with E-state index in [0.717, 1.165) is 18.2 Å². The Morgan fingerprint density at radius 1 is 1.37 bits per heavy atom. The topological polar surface area (TPSA) is 95.0 Å². The zero-order valence-electron chi connectivity index (χ0n) is 15.5. The van der Waals surface area contributed by atoms with Crippen LogP contribution in [-0.4, -0.2) is 25.1 Å². The van der Waals surface area contributed by atoms with E-state index >= 15 is 0 Å². The van der Waals surface area contributed by atoms with Crippen molar-refractivity contribution in [3.63, 3.8) is 0 Å². The number of nitrogens with one attached hydrogen (secondary N) is 2. The molecule has 2 aromatic rings. The summed E-state index contributed by atoms with van der Waals surface area (Å²) in [4.78, 5) is 3.15. The van der Waals surface area contributed by atoms with E-state index in [1.165, 1.54) is 18.3 Å². The van der Waals surface area contributed by atoms with E-state index in [2.05, 4.69) is 9.71 Å². The Morgan fingerprint density at radius 2 is 2.11 bits per heavy atom. The fourth-order valence-electron chi connectivity index (χ4n) is 3.27. The second-order valence-corrected chi connectivity index (χ2v) is 9.27. The van der Waals surface area contributed by atoms with Crippen LogP contribution in [0.25, 0.3) is 0 Å². The summed E-state index contributed by atoms with van der Waals surface area (Å²) >= 11 is 0. The Morgan fingerprint density at radius 3 is 2.74 bits per heavy atom. The number of aromatic amines is 1. The number of hydrogen-bond donors (Lipinski definition) is 2. The number of nitriles is 1. The maximum atomic E-state index is 14.1. The molecular weight excluding hydrogens is 369 g/mol. The van der Waals surface area contributed by atoms with E-state index in [4.69, 9.17) is 10.00 Å². The van der Waals surface area contributed by atoms with Gasteiger partial charge in [0.15, 0.2) is 0 Å². The van der Waals surface area contributed by atoms with Crippen LogP contribution in [0.5, 0.6) is 0 Å². The van der Waals surface area contributed by atoms with Crippen LogP contribution in [-0.2, 0) is 27.6 Å². The van der Waals surface area contributed by atoms with Gasteiger partial charge in [-0.05, 0) is 57.4 Å². The SMILES string of the molecule is CC(C)(C)OC1CCc2c(S(=O)(=O)Nc3ccc(C#N)cc3F)c[nH]c2C1. The van der Waals surface area contributed by atoms with E-state index < -0.39 is 15.8 Å². The molecule has 27 heavy (non-hydrogen) atoms. The molecule has 1 aliphatic carbocycles. The molecule has 144 valence electrons. The lowest BCUT2D eigenvalue weighted by atomic mass is 9.95. The average Bonchev–Trinajstić information content (AvgIpc) is 2.99. The van der Waals surface area contributed by atoms with Crippen molar-refractivity contribution in [3.8, 4) is 6.07 Å². The van der Waals surface area contributed by atoms with Gasteiger partial charge < -0.3 is 9.72 Å². The maximum Gasteiger partial charge on any atom is 0.263 e. The van der Waals surface area contributed by atoms with E-state index in [1.54, 1.807) is 0 Å². The average molecular weight is 391 g/mol. The minimum Gasteiger partial charge on any atom is -0.372 e. The van der Waals surface area contributed by atoms with Gasteiger partial charge in [-0.2, -0.15) is 5.26 Å². The number of halogens is 1. The summed E-state index contributed by atoms with van der Waals surface area (Å²) in [5, 5.41) is 8.79. The molecule has 1 heterocycles. The first kappa shape index (κ1) is 19.4. The predicted octanol–water partition coefficient (Wildman–Crippen LogP) is 3.50. The number of ether oxygens (including phenoxy) is 1. The van der Waals surface area contributed by atoms with Crippen LogP contribution < -0.4 is 4.72 Å². The van der Waals surface area contributed by atoms with Crippen molar-refractivity contribution in [1.29, 1.82) is 5.26 Å². The van der Waals surface area contributed by atoms with Gasteiger partial charge in [0, 0.05) is 18.3 Å². The highest BCUT2D eigenvalue weighted by Gasteiger charge is 2.30. The van der Waals surface area contributed by atoms with Gasteiger partial charge in [0.1, 0.15) is 10.7 Å². The molecule has 0 fully saturated rings.